The van der Waals surface area contributed by atoms with E-state index in [-0.39, 0.29) is 30.3 Å². The van der Waals surface area contributed by atoms with Crippen LogP contribution in [-0.2, 0) is 11.2 Å². The highest BCUT2D eigenvalue weighted by molar-refractivity contribution is 5.55. The average molecular weight is 416 g/mol. The monoisotopic (exact) mass is 415 g/mol. The summed E-state index contributed by atoms with van der Waals surface area (Å²) in [5, 5.41) is 24.1. The zero-order valence-corrected chi connectivity index (χ0v) is 17.1. The Morgan fingerprint density at radius 2 is 1.93 bits per heavy atom. The molecule has 2 heterocycles. The van der Waals surface area contributed by atoms with Gasteiger partial charge in [0.25, 0.3) is 0 Å². The molecule has 162 valence electrons. The van der Waals surface area contributed by atoms with Gasteiger partial charge in [-0.2, -0.15) is 0 Å². The van der Waals surface area contributed by atoms with E-state index >= 15 is 0 Å². The van der Waals surface area contributed by atoms with Crippen LogP contribution in [-0.4, -0.2) is 58.7 Å². The number of aliphatic hydroxyl groups is 2. The molecule has 6 nitrogen and oxygen atoms in total. The van der Waals surface area contributed by atoms with Crippen LogP contribution in [0.3, 0.4) is 0 Å². The molecule has 1 aromatic carbocycles. The van der Waals surface area contributed by atoms with Gasteiger partial charge in [-0.05, 0) is 62.3 Å². The first kappa shape index (κ1) is 21.3. The smallest absolute Gasteiger partial charge is 0.162 e. The lowest BCUT2D eigenvalue weighted by molar-refractivity contribution is 0.0642. The van der Waals surface area contributed by atoms with Gasteiger partial charge in [0.05, 0.1) is 11.7 Å². The molecule has 4 rings (SSSR count). The Hall–Kier alpha value is -1.93. The van der Waals surface area contributed by atoms with Crippen molar-refractivity contribution in [3.63, 3.8) is 0 Å². The average Bonchev–Trinajstić information content (AvgIpc) is 3.07. The maximum Gasteiger partial charge on any atom is 0.162 e. The van der Waals surface area contributed by atoms with Crippen LogP contribution in [0, 0.1) is 23.6 Å². The fourth-order valence-corrected chi connectivity index (χ4v) is 4.77. The van der Waals surface area contributed by atoms with Crippen LogP contribution in [0.5, 0.6) is 0 Å². The van der Waals surface area contributed by atoms with Crippen molar-refractivity contribution in [2.75, 3.05) is 26.4 Å². The molecule has 0 spiro atoms. The molecular formula is C23H30FN3O3. The number of benzene rings is 1. The molecule has 1 aliphatic carbocycles. The summed E-state index contributed by atoms with van der Waals surface area (Å²) in [5.41, 5.74) is 1.16. The van der Waals surface area contributed by atoms with Gasteiger partial charge in [0, 0.05) is 43.7 Å². The lowest BCUT2D eigenvalue weighted by Crippen LogP contribution is -2.40. The van der Waals surface area contributed by atoms with Crippen LogP contribution >= 0.6 is 0 Å². The highest BCUT2D eigenvalue weighted by Gasteiger charge is 2.42. The van der Waals surface area contributed by atoms with Gasteiger partial charge < -0.3 is 20.3 Å². The highest BCUT2D eigenvalue weighted by atomic mass is 19.1. The largest absolute Gasteiger partial charge is 0.396 e. The minimum atomic E-state index is -0.542. The lowest BCUT2D eigenvalue weighted by Gasteiger charge is -2.28. The van der Waals surface area contributed by atoms with E-state index in [0.717, 1.165) is 38.3 Å². The molecule has 0 bridgehead atoms. The van der Waals surface area contributed by atoms with E-state index in [4.69, 9.17) is 4.74 Å². The Labute approximate surface area is 176 Å². The number of aromatic nitrogens is 2. The van der Waals surface area contributed by atoms with Gasteiger partial charge in [0.1, 0.15) is 5.82 Å². The molecular weight excluding hydrogens is 385 g/mol. The summed E-state index contributed by atoms with van der Waals surface area (Å²) in [6.45, 7) is 2.44. The fraction of sp³-hybridized carbons (Fsp3) is 0.565. The molecule has 3 N–H and O–H groups in total. The minimum absolute atomic E-state index is 0.0493. The summed E-state index contributed by atoms with van der Waals surface area (Å²) in [6, 6.07) is 8.41. The van der Waals surface area contributed by atoms with Gasteiger partial charge >= 0.3 is 0 Å². The van der Waals surface area contributed by atoms with Gasteiger partial charge in [-0.25, -0.2) is 14.4 Å². The predicted octanol–water partition coefficient (Wildman–Crippen LogP) is 2.20. The van der Waals surface area contributed by atoms with Crippen LogP contribution in [0.4, 0.5) is 4.39 Å². The maximum atomic E-state index is 14.2. The molecule has 1 aromatic heterocycles. The molecule has 4 atom stereocenters. The second-order valence-corrected chi connectivity index (χ2v) is 8.44. The van der Waals surface area contributed by atoms with E-state index in [0.29, 0.717) is 30.1 Å². The van der Waals surface area contributed by atoms with Crippen LogP contribution in [0.2, 0.25) is 0 Å². The molecule has 1 saturated carbocycles. The van der Waals surface area contributed by atoms with Crippen molar-refractivity contribution in [2.45, 2.75) is 37.8 Å². The van der Waals surface area contributed by atoms with E-state index < -0.39 is 6.10 Å². The van der Waals surface area contributed by atoms with E-state index in [1.807, 2.05) is 6.07 Å². The van der Waals surface area contributed by atoms with Crippen molar-refractivity contribution < 1.29 is 19.3 Å². The Bertz CT molecular complexity index is 831. The normalized spacial score (nSPS) is 27.4. The molecule has 0 unspecified atom stereocenters. The summed E-state index contributed by atoms with van der Waals surface area (Å²) in [7, 11) is 0. The van der Waals surface area contributed by atoms with Gasteiger partial charge in [-0.1, -0.05) is 12.1 Å². The summed E-state index contributed by atoms with van der Waals surface area (Å²) in [6.07, 6.45) is 4.42. The summed E-state index contributed by atoms with van der Waals surface area (Å²) in [5.74, 6) is 0.431. The minimum Gasteiger partial charge on any atom is -0.396 e. The number of nitrogens with one attached hydrogen (secondary N) is 1. The molecule has 2 aliphatic rings. The fourth-order valence-electron chi connectivity index (χ4n) is 4.77. The molecule has 0 radical (unpaired) electrons. The van der Waals surface area contributed by atoms with E-state index in [1.54, 1.807) is 24.4 Å². The van der Waals surface area contributed by atoms with Crippen molar-refractivity contribution in [2.24, 2.45) is 17.8 Å². The Balaban J connectivity index is 1.48. The highest BCUT2D eigenvalue weighted by Crippen LogP contribution is 2.35. The third-order valence-corrected chi connectivity index (χ3v) is 6.55. The van der Waals surface area contributed by atoms with Crippen molar-refractivity contribution in [1.29, 1.82) is 0 Å². The Morgan fingerprint density at radius 1 is 1.13 bits per heavy atom. The number of hydrogen-bond acceptors (Lipinski definition) is 6. The number of halogens is 1. The Kier molecular flexibility index (Phi) is 7.04. The molecule has 1 saturated heterocycles. The SMILES string of the molecule is OC[C@@H]1[C@@H](Cc2ccnc(-c3ccccc3F)n2)[C@H](NCC2CCOCC2)C[C@H]1O. The second kappa shape index (κ2) is 9.92. The van der Waals surface area contributed by atoms with Crippen LogP contribution < -0.4 is 5.32 Å². The lowest BCUT2D eigenvalue weighted by atomic mass is 9.88. The first-order chi connectivity index (χ1) is 14.7. The van der Waals surface area contributed by atoms with Crippen molar-refractivity contribution in [3.8, 4) is 11.4 Å². The third-order valence-electron chi connectivity index (χ3n) is 6.55. The molecule has 2 aromatic rings. The van der Waals surface area contributed by atoms with E-state index in [1.165, 1.54) is 6.07 Å². The number of rotatable bonds is 7. The third kappa shape index (κ3) is 4.86. The number of hydrogen-bond donors (Lipinski definition) is 3. The van der Waals surface area contributed by atoms with E-state index in [9.17, 15) is 14.6 Å². The van der Waals surface area contributed by atoms with Crippen LogP contribution in [0.15, 0.2) is 36.5 Å². The molecule has 0 amide bonds. The second-order valence-electron chi connectivity index (χ2n) is 8.44. The first-order valence-corrected chi connectivity index (χ1v) is 10.8. The van der Waals surface area contributed by atoms with Crippen molar-refractivity contribution in [1.82, 2.24) is 15.3 Å². The first-order valence-electron chi connectivity index (χ1n) is 10.8. The van der Waals surface area contributed by atoms with Crippen molar-refractivity contribution >= 4 is 0 Å². The molecule has 30 heavy (non-hydrogen) atoms. The van der Waals surface area contributed by atoms with Gasteiger partial charge in [0.15, 0.2) is 5.82 Å². The molecule has 1 aliphatic heterocycles. The van der Waals surface area contributed by atoms with Crippen LogP contribution in [0.1, 0.15) is 25.0 Å². The zero-order valence-electron chi connectivity index (χ0n) is 17.1. The van der Waals surface area contributed by atoms with Gasteiger partial charge in [-0.3, -0.25) is 0 Å². The zero-order chi connectivity index (χ0) is 20.9. The quantitative estimate of drug-likeness (QED) is 0.643. The summed E-state index contributed by atoms with van der Waals surface area (Å²) in [4.78, 5) is 8.83. The topological polar surface area (TPSA) is 87.5 Å². The molecule has 2 fully saturated rings. The standard InChI is InChI=1S/C23H30FN3O3/c24-20-4-2-1-3-17(20)23-25-8-5-16(27-23)11-18-19(14-28)22(29)12-21(18)26-13-15-6-9-30-10-7-15/h1-5,8,15,18-19,21-22,26,28-29H,6-7,9-14H2/t18-,19-,21-,22-/m1/s1. The van der Waals surface area contributed by atoms with Crippen LogP contribution in [0.25, 0.3) is 11.4 Å². The Morgan fingerprint density at radius 3 is 2.70 bits per heavy atom. The number of aliphatic hydroxyl groups excluding tert-OH is 2. The maximum absolute atomic E-state index is 14.2. The molecule has 7 heteroatoms. The van der Waals surface area contributed by atoms with Gasteiger partial charge in [-0.15, -0.1) is 0 Å². The van der Waals surface area contributed by atoms with Crippen molar-refractivity contribution in [3.05, 3.63) is 48.0 Å². The predicted molar refractivity (Wildman–Crippen MR) is 111 cm³/mol. The van der Waals surface area contributed by atoms with Gasteiger partial charge in [0.2, 0.25) is 0 Å². The van der Waals surface area contributed by atoms with E-state index in [2.05, 4.69) is 15.3 Å². The number of nitrogens with zero attached hydrogens (tertiary/aromatic N) is 2. The summed E-state index contributed by atoms with van der Waals surface area (Å²) >= 11 is 0. The number of ether oxygens (including phenoxy) is 1. The summed E-state index contributed by atoms with van der Waals surface area (Å²) < 4.78 is 19.6.